The Morgan fingerprint density at radius 2 is 1.83 bits per heavy atom. The average Bonchev–Trinajstić information content (AvgIpc) is 1.96. The van der Waals surface area contributed by atoms with Gasteiger partial charge in [0.25, 0.3) is 0 Å². The lowest BCUT2D eigenvalue weighted by molar-refractivity contribution is 0.219. The maximum absolute atomic E-state index is 3.74. The van der Waals surface area contributed by atoms with Gasteiger partial charge in [-0.05, 0) is 41.0 Å². The molecule has 12 heavy (non-hydrogen) atoms. The van der Waals surface area contributed by atoms with E-state index >= 15 is 0 Å². The van der Waals surface area contributed by atoms with Gasteiger partial charge in [-0.1, -0.05) is 6.08 Å². The molecule has 0 fully saturated rings. The summed E-state index contributed by atoms with van der Waals surface area (Å²) in [6.07, 6.45) is 4.30. The summed E-state index contributed by atoms with van der Waals surface area (Å²) >= 11 is 0. The van der Waals surface area contributed by atoms with E-state index in [4.69, 9.17) is 0 Å². The van der Waals surface area contributed by atoms with E-state index < -0.39 is 0 Å². The van der Waals surface area contributed by atoms with Crippen LogP contribution >= 0.6 is 0 Å². The number of nitrogens with zero attached hydrogens (tertiary/aromatic N) is 2. The van der Waals surface area contributed by atoms with E-state index in [1.165, 1.54) is 6.42 Å². The zero-order valence-corrected chi connectivity index (χ0v) is 8.88. The van der Waals surface area contributed by atoms with Crippen LogP contribution in [0.2, 0.25) is 0 Å². The highest BCUT2D eigenvalue weighted by atomic mass is 15.2. The predicted molar refractivity (Wildman–Crippen MR) is 55.5 cm³/mol. The zero-order valence-electron chi connectivity index (χ0n) is 8.88. The van der Waals surface area contributed by atoms with E-state index in [2.05, 4.69) is 44.6 Å². The molecule has 0 amide bonds. The Kier molecular flexibility index (Phi) is 6.03. The lowest BCUT2D eigenvalue weighted by Crippen LogP contribution is -2.37. The van der Waals surface area contributed by atoms with E-state index in [1.807, 2.05) is 6.08 Å². The van der Waals surface area contributed by atoms with Gasteiger partial charge < -0.3 is 9.80 Å². The van der Waals surface area contributed by atoms with Crippen molar-refractivity contribution in [2.24, 2.45) is 0 Å². The van der Waals surface area contributed by atoms with E-state index in [9.17, 15) is 0 Å². The molecule has 0 aliphatic carbocycles. The first-order chi connectivity index (χ1) is 5.57. The minimum atomic E-state index is 0.651. The normalized spacial score (nSPS) is 13.8. The van der Waals surface area contributed by atoms with Gasteiger partial charge in [0.15, 0.2) is 0 Å². The fourth-order valence-electron chi connectivity index (χ4n) is 1.24. The lowest BCUT2D eigenvalue weighted by Gasteiger charge is -2.26. The Labute approximate surface area is 76.9 Å². The lowest BCUT2D eigenvalue weighted by atomic mass is 10.1. The van der Waals surface area contributed by atoms with Crippen molar-refractivity contribution in [2.45, 2.75) is 18.9 Å². The maximum Gasteiger partial charge on any atom is 0.0219 e. The van der Waals surface area contributed by atoms with Crippen molar-refractivity contribution in [1.29, 1.82) is 0 Å². The molecule has 0 saturated heterocycles. The molecule has 0 saturated carbocycles. The van der Waals surface area contributed by atoms with Gasteiger partial charge in [-0.2, -0.15) is 0 Å². The van der Waals surface area contributed by atoms with Crippen LogP contribution in [0.25, 0.3) is 0 Å². The Hall–Kier alpha value is -0.340. The van der Waals surface area contributed by atoms with Gasteiger partial charge in [0.2, 0.25) is 0 Å². The molecular weight excluding hydrogens is 148 g/mol. The van der Waals surface area contributed by atoms with Crippen molar-refractivity contribution in [1.82, 2.24) is 9.80 Å². The molecule has 2 heteroatoms. The number of rotatable bonds is 6. The van der Waals surface area contributed by atoms with Crippen LogP contribution in [0.5, 0.6) is 0 Å². The van der Waals surface area contributed by atoms with Crippen molar-refractivity contribution in [3.05, 3.63) is 12.7 Å². The van der Waals surface area contributed by atoms with Crippen molar-refractivity contribution < 1.29 is 0 Å². The summed E-state index contributed by atoms with van der Waals surface area (Å²) in [5.41, 5.74) is 0. The molecule has 72 valence electrons. The molecule has 0 heterocycles. The molecule has 0 N–H and O–H groups in total. The number of hydrogen-bond donors (Lipinski definition) is 0. The first kappa shape index (κ1) is 11.7. The molecule has 1 unspecified atom stereocenters. The van der Waals surface area contributed by atoms with E-state index in [0.717, 1.165) is 13.0 Å². The summed E-state index contributed by atoms with van der Waals surface area (Å²) in [6, 6.07) is 0.651. The third-order valence-electron chi connectivity index (χ3n) is 2.01. The molecule has 0 aromatic carbocycles. The third-order valence-corrected chi connectivity index (χ3v) is 2.01. The second-order valence-corrected chi connectivity index (χ2v) is 3.75. The Balaban J connectivity index is 3.77. The summed E-state index contributed by atoms with van der Waals surface area (Å²) in [4.78, 5) is 4.51. The van der Waals surface area contributed by atoms with Gasteiger partial charge in [0.1, 0.15) is 0 Å². The zero-order chi connectivity index (χ0) is 9.56. The van der Waals surface area contributed by atoms with Gasteiger partial charge in [-0.25, -0.2) is 0 Å². The Bertz CT molecular complexity index is 119. The summed E-state index contributed by atoms with van der Waals surface area (Å²) in [6.45, 7) is 4.86. The van der Waals surface area contributed by atoms with Crippen LogP contribution in [0.15, 0.2) is 12.7 Å². The molecular formula is C10H22N2. The Morgan fingerprint density at radius 1 is 1.25 bits per heavy atom. The van der Waals surface area contributed by atoms with Gasteiger partial charge in [-0.3, -0.25) is 0 Å². The summed E-state index contributed by atoms with van der Waals surface area (Å²) in [5, 5.41) is 0. The van der Waals surface area contributed by atoms with Crippen LogP contribution in [0, 0.1) is 0 Å². The minimum Gasteiger partial charge on any atom is -0.308 e. The standard InChI is InChI=1S/C10H22N2/c1-6-7-8-10(12(4)5)9-11(2)3/h6,10H,1,7-9H2,2-5H3. The van der Waals surface area contributed by atoms with Gasteiger partial charge >= 0.3 is 0 Å². The Morgan fingerprint density at radius 3 is 2.17 bits per heavy atom. The second kappa shape index (κ2) is 6.21. The van der Waals surface area contributed by atoms with Crippen molar-refractivity contribution in [3.8, 4) is 0 Å². The van der Waals surface area contributed by atoms with Gasteiger partial charge in [0.05, 0.1) is 0 Å². The number of allylic oxidation sites excluding steroid dienone is 1. The summed E-state index contributed by atoms with van der Waals surface area (Å²) in [5.74, 6) is 0. The van der Waals surface area contributed by atoms with Gasteiger partial charge in [-0.15, -0.1) is 6.58 Å². The average molecular weight is 170 g/mol. The smallest absolute Gasteiger partial charge is 0.0219 e. The maximum atomic E-state index is 3.74. The van der Waals surface area contributed by atoms with Gasteiger partial charge in [0, 0.05) is 12.6 Å². The van der Waals surface area contributed by atoms with Crippen molar-refractivity contribution >= 4 is 0 Å². The number of likely N-dealkylation sites (N-methyl/N-ethyl adjacent to an activating group) is 2. The molecule has 1 atom stereocenters. The largest absolute Gasteiger partial charge is 0.308 e. The molecule has 0 aromatic rings. The van der Waals surface area contributed by atoms with Crippen molar-refractivity contribution in [2.75, 3.05) is 34.7 Å². The predicted octanol–water partition coefficient (Wildman–Crippen LogP) is 1.44. The third kappa shape index (κ3) is 5.33. The molecule has 0 aliphatic rings. The first-order valence-electron chi connectivity index (χ1n) is 4.50. The minimum absolute atomic E-state index is 0.651. The highest BCUT2D eigenvalue weighted by Crippen LogP contribution is 2.04. The fourth-order valence-corrected chi connectivity index (χ4v) is 1.24. The fraction of sp³-hybridized carbons (Fsp3) is 0.800. The molecule has 0 bridgehead atoms. The van der Waals surface area contributed by atoms with Crippen LogP contribution in [0.1, 0.15) is 12.8 Å². The van der Waals surface area contributed by atoms with Crippen LogP contribution in [-0.2, 0) is 0 Å². The van der Waals surface area contributed by atoms with Crippen LogP contribution in [0.4, 0.5) is 0 Å². The summed E-state index contributed by atoms with van der Waals surface area (Å²) < 4.78 is 0. The van der Waals surface area contributed by atoms with E-state index in [-0.39, 0.29) is 0 Å². The topological polar surface area (TPSA) is 6.48 Å². The van der Waals surface area contributed by atoms with Crippen LogP contribution in [-0.4, -0.2) is 50.6 Å². The van der Waals surface area contributed by atoms with E-state index in [1.54, 1.807) is 0 Å². The van der Waals surface area contributed by atoms with Crippen LogP contribution < -0.4 is 0 Å². The van der Waals surface area contributed by atoms with E-state index in [0.29, 0.717) is 6.04 Å². The number of hydrogen-bond acceptors (Lipinski definition) is 2. The summed E-state index contributed by atoms with van der Waals surface area (Å²) in [7, 11) is 8.50. The highest BCUT2D eigenvalue weighted by molar-refractivity contribution is 4.75. The monoisotopic (exact) mass is 170 g/mol. The SMILES string of the molecule is C=CCCC(CN(C)C)N(C)C. The van der Waals surface area contributed by atoms with Crippen LogP contribution in [0.3, 0.4) is 0 Å². The highest BCUT2D eigenvalue weighted by Gasteiger charge is 2.10. The molecule has 0 rings (SSSR count). The molecule has 2 nitrogen and oxygen atoms in total. The molecule has 0 radical (unpaired) electrons. The second-order valence-electron chi connectivity index (χ2n) is 3.75. The molecule has 0 aromatic heterocycles. The molecule has 0 spiro atoms. The first-order valence-corrected chi connectivity index (χ1v) is 4.50. The quantitative estimate of drug-likeness (QED) is 0.557. The van der Waals surface area contributed by atoms with Crippen molar-refractivity contribution in [3.63, 3.8) is 0 Å². The molecule has 0 aliphatic heterocycles.